The Labute approximate surface area is 191 Å². The predicted octanol–water partition coefficient (Wildman–Crippen LogP) is 6.30. The van der Waals surface area contributed by atoms with Crippen LogP contribution in [0.1, 0.15) is 21.3 Å². The number of hydrogen-bond acceptors (Lipinski definition) is 3. The lowest BCUT2D eigenvalue weighted by Gasteiger charge is -2.25. The van der Waals surface area contributed by atoms with Gasteiger partial charge >= 0.3 is 0 Å². The number of rotatable bonds is 4. The van der Waals surface area contributed by atoms with Crippen LogP contribution >= 0.6 is 35.0 Å². The molecule has 0 bridgehead atoms. The summed E-state index contributed by atoms with van der Waals surface area (Å²) in [7, 11) is 0. The van der Waals surface area contributed by atoms with Gasteiger partial charge in [0.2, 0.25) is 5.91 Å². The third kappa shape index (κ3) is 4.54. The van der Waals surface area contributed by atoms with Gasteiger partial charge in [0.25, 0.3) is 5.91 Å². The van der Waals surface area contributed by atoms with Gasteiger partial charge in [0, 0.05) is 16.8 Å². The fraction of sp³-hybridized carbons (Fsp3) is 0.0909. The minimum absolute atomic E-state index is 0.00350. The number of nitrogens with one attached hydrogen (secondary N) is 1. The zero-order valence-electron chi connectivity index (χ0n) is 15.7. The molecule has 3 aromatic carbocycles. The molecule has 0 spiro atoms. The van der Waals surface area contributed by atoms with E-state index in [0.717, 1.165) is 12.1 Å². The third-order valence-electron chi connectivity index (χ3n) is 4.64. The molecule has 1 aliphatic heterocycles. The molecule has 1 saturated heterocycles. The highest BCUT2D eigenvalue weighted by Gasteiger charge is 2.35. The van der Waals surface area contributed by atoms with E-state index in [9.17, 15) is 18.4 Å². The van der Waals surface area contributed by atoms with Crippen molar-refractivity contribution in [2.24, 2.45) is 0 Å². The molecule has 9 heteroatoms. The molecule has 2 amide bonds. The van der Waals surface area contributed by atoms with Crippen LogP contribution in [0.15, 0.2) is 60.7 Å². The van der Waals surface area contributed by atoms with Crippen molar-refractivity contribution in [2.75, 3.05) is 16.0 Å². The predicted molar refractivity (Wildman–Crippen MR) is 120 cm³/mol. The number of carbonyl (C=O) groups excluding carboxylic acids is 2. The van der Waals surface area contributed by atoms with Crippen LogP contribution in [0.3, 0.4) is 0 Å². The Balaban J connectivity index is 1.61. The van der Waals surface area contributed by atoms with E-state index in [2.05, 4.69) is 5.32 Å². The maximum atomic E-state index is 14.3. The largest absolute Gasteiger partial charge is 0.322 e. The minimum atomic E-state index is -0.817. The number of carbonyl (C=O) groups is 2. The summed E-state index contributed by atoms with van der Waals surface area (Å²) in [5.74, 6) is -2.10. The standard InChI is InChI=1S/C22H14Cl2F2N2O2S/c23-13-4-6-16(17(24)9-13)21(30)27-15-3-1-2-12(8-15)22-28(20(29)11-31-22)19-7-5-14(25)10-18(19)26/h1-10,22H,11H2,(H,27,30)/t22-/m0/s1. The van der Waals surface area contributed by atoms with Gasteiger partial charge in [0.15, 0.2) is 0 Å². The lowest BCUT2D eigenvalue weighted by Crippen LogP contribution is -2.28. The highest BCUT2D eigenvalue weighted by molar-refractivity contribution is 8.00. The molecule has 4 nitrogen and oxygen atoms in total. The van der Waals surface area contributed by atoms with Gasteiger partial charge in [0.05, 0.1) is 22.0 Å². The molecule has 1 fully saturated rings. The van der Waals surface area contributed by atoms with E-state index in [1.54, 1.807) is 30.3 Å². The zero-order valence-corrected chi connectivity index (χ0v) is 18.1. The molecule has 0 radical (unpaired) electrons. The second-order valence-electron chi connectivity index (χ2n) is 6.73. The SMILES string of the molecule is O=C(Nc1cccc([C@@H]2SCC(=O)N2c2ccc(F)cc2F)c1)c1ccc(Cl)cc1Cl. The summed E-state index contributed by atoms with van der Waals surface area (Å²) in [6.45, 7) is 0. The molecule has 0 aliphatic carbocycles. The van der Waals surface area contributed by atoms with Crippen molar-refractivity contribution in [3.05, 3.63) is 93.5 Å². The van der Waals surface area contributed by atoms with Gasteiger partial charge in [-0.15, -0.1) is 11.8 Å². The molecule has 4 rings (SSSR count). The molecule has 31 heavy (non-hydrogen) atoms. The van der Waals surface area contributed by atoms with Crippen LogP contribution in [-0.4, -0.2) is 17.6 Å². The first-order valence-electron chi connectivity index (χ1n) is 9.08. The van der Waals surface area contributed by atoms with Crippen molar-refractivity contribution in [2.45, 2.75) is 5.37 Å². The van der Waals surface area contributed by atoms with E-state index < -0.39 is 22.9 Å². The fourth-order valence-corrected chi connectivity index (χ4v) is 4.90. The van der Waals surface area contributed by atoms with Crippen LogP contribution in [0.2, 0.25) is 10.0 Å². The van der Waals surface area contributed by atoms with E-state index in [0.29, 0.717) is 16.3 Å². The maximum absolute atomic E-state index is 14.3. The van der Waals surface area contributed by atoms with Crippen LogP contribution < -0.4 is 10.2 Å². The Morgan fingerprint density at radius 2 is 1.87 bits per heavy atom. The molecule has 0 aromatic heterocycles. The van der Waals surface area contributed by atoms with E-state index in [1.807, 2.05) is 0 Å². The Hall–Kier alpha value is -2.61. The van der Waals surface area contributed by atoms with E-state index in [1.165, 1.54) is 34.9 Å². The molecule has 158 valence electrons. The molecular formula is C22H14Cl2F2N2O2S. The van der Waals surface area contributed by atoms with Crippen molar-refractivity contribution in [3.63, 3.8) is 0 Å². The van der Waals surface area contributed by atoms with E-state index in [4.69, 9.17) is 23.2 Å². The number of thioether (sulfide) groups is 1. The molecule has 1 aliphatic rings. The third-order valence-corrected chi connectivity index (χ3v) is 6.40. The van der Waals surface area contributed by atoms with Crippen molar-refractivity contribution in [3.8, 4) is 0 Å². The van der Waals surface area contributed by atoms with Crippen LogP contribution in [0.4, 0.5) is 20.2 Å². The Morgan fingerprint density at radius 1 is 1.06 bits per heavy atom. The van der Waals surface area contributed by atoms with Crippen LogP contribution in [-0.2, 0) is 4.79 Å². The maximum Gasteiger partial charge on any atom is 0.257 e. The number of nitrogens with zero attached hydrogens (tertiary/aromatic N) is 1. The Bertz CT molecular complexity index is 1190. The number of amides is 2. The van der Waals surface area contributed by atoms with Crippen molar-refractivity contribution >= 4 is 58.2 Å². The van der Waals surface area contributed by atoms with E-state index in [-0.39, 0.29) is 27.9 Å². The van der Waals surface area contributed by atoms with Gasteiger partial charge in [0.1, 0.15) is 17.0 Å². The summed E-state index contributed by atoms with van der Waals surface area (Å²) in [6, 6.07) is 14.5. The highest BCUT2D eigenvalue weighted by atomic mass is 35.5. The average molecular weight is 479 g/mol. The summed E-state index contributed by atoms with van der Waals surface area (Å²) in [4.78, 5) is 26.4. The second-order valence-corrected chi connectivity index (χ2v) is 8.64. The summed E-state index contributed by atoms with van der Waals surface area (Å²) in [6.07, 6.45) is 0. The molecule has 0 unspecified atom stereocenters. The van der Waals surface area contributed by atoms with Crippen molar-refractivity contribution < 1.29 is 18.4 Å². The molecule has 1 heterocycles. The topological polar surface area (TPSA) is 49.4 Å². The highest BCUT2D eigenvalue weighted by Crippen LogP contribution is 2.43. The number of benzene rings is 3. The summed E-state index contributed by atoms with van der Waals surface area (Å²) in [5.41, 5.74) is 1.42. The molecule has 1 N–H and O–H groups in total. The average Bonchev–Trinajstić information content (AvgIpc) is 3.09. The van der Waals surface area contributed by atoms with Crippen molar-refractivity contribution in [1.29, 1.82) is 0 Å². The lowest BCUT2D eigenvalue weighted by atomic mass is 10.1. The summed E-state index contributed by atoms with van der Waals surface area (Å²) in [5, 5.41) is 2.87. The van der Waals surface area contributed by atoms with Gasteiger partial charge in [-0.1, -0.05) is 35.3 Å². The molecule has 3 aromatic rings. The second kappa shape index (κ2) is 8.86. The van der Waals surface area contributed by atoms with Crippen molar-refractivity contribution in [1.82, 2.24) is 0 Å². The molecular weight excluding hydrogens is 465 g/mol. The monoisotopic (exact) mass is 478 g/mol. The Kier molecular flexibility index (Phi) is 6.18. The fourth-order valence-electron chi connectivity index (χ4n) is 3.25. The molecule has 0 saturated carbocycles. The lowest BCUT2D eigenvalue weighted by molar-refractivity contribution is -0.115. The zero-order chi connectivity index (χ0) is 22.1. The summed E-state index contributed by atoms with van der Waals surface area (Å²) >= 11 is 13.3. The van der Waals surface area contributed by atoms with Gasteiger partial charge < -0.3 is 5.32 Å². The van der Waals surface area contributed by atoms with Crippen LogP contribution in [0.25, 0.3) is 0 Å². The van der Waals surface area contributed by atoms with Gasteiger partial charge in [-0.05, 0) is 48.0 Å². The number of halogens is 4. The van der Waals surface area contributed by atoms with Gasteiger partial charge in [-0.25, -0.2) is 8.78 Å². The Morgan fingerprint density at radius 3 is 2.61 bits per heavy atom. The normalized spacial score (nSPS) is 15.9. The van der Waals surface area contributed by atoms with Gasteiger partial charge in [-0.3, -0.25) is 14.5 Å². The van der Waals surface area contributed by atoms with Gasteiger partial charge in [-0.2, -0.15) is 0 Å². The molecule has 1 atom stereocenters. The minimum Gasteiger partial charge on any atom is -0.322 e. The number of anilines is 2. The van der Waals surface area contributed by atoms with E-state index >= 15 is 0 Å². The summed E-state index contributed by atoms with van der Waals surface area (Å²) < 4.78 is 27.7. The first-order chi connectivity index (χ1) is 14.8. The number of hydrogen-bond donors (Lipinski definition) is 1. The van der Waals surface area contributed by atoms with Crippen LogP contribution in [0, 0.1) is 11.6 Å². The quantitative estimate of drug-likeness (QED) is 0.478. The smallest absolute Gasteiger partial charge is 0.257 e. The first-order valence-corrected chi connectivity index (χ1v) is 10.9. The van der Waals surface area contributed by atoms with Crippen LogP contribution in [0.5, 0.6) is 0 Å². The first kappa shape index (κ1) is 21.6.